The van der Waals surface area contributed by atoms with Crippen molar-refractivity contribution in [2.24, 2.45) is 5.92 Å². The molecule has 0 saturated heterocycles. The summed E-state index contributed by atoms with van der Waals surface area (Å²) in [5.41, 5.74) is 1.27. The van der Waals surface area contributed by atoms with Crippen LogP contribution in [0.2, 0.25) is 0 Å². The molecule has 0 aliphatic carbocycles. The summed E-state index contributed by atoms with van der Waals surface area (Å²) < 4.78 is 0. The molecule has 0 fully saturated rings. The van der Waals surface area contributed by atoms with Crippen LogP contribution in [0.15, 0.2) is 0 Å². The van der Waals surface area contributed by atoms with Gasteiger partial charge in [0, 0.05) is 10.9 Å². The van der Waals surface area contributed by atoms with Crippen LogP contribution in [0.3, 0.4) is 0 Å². The molecule has 0 aliphatic rings. The van der Waals surface area contributed by atoms with Gasteiger partial charge >= 0.3 is 0 Å². The maximum Gasteiger partial charge on any atom is 0.110 e. The molecule has 2 unspecified atom stereocenters. The van der Waals surface area contributed by atoms with Gasteiger partial charge in [-0.15, -0.1) is 11.3 Å². The summed E-state index contributed by atoms with van der Waals surface area (Å²) in [5, 5.41) is 4.93. The van der Waals surface area contributed by atoms with Gasteiger partial charge in [0.15, 0.2) is 0 Å². The smallest absolute Gasteiger partial charge is 0.110 e. The molecule has 0 aliphatic heterocycles. The SMILES string of the molecule is CCc1nc(C(NC(C)C)C(C)CC)sc1C. The van der Waals surface area contributed by atoms with Crippen molar-refractivity contribution in [1.82, 2.24) is 10.3 Å². The van der Waals surface area contributed by atoms with Crippen LogP contribution >= 0.6 is 11.3 Å². The molecular weight excluding hydrogens is 228 g/mol. The number of hydrogen-bond donors (Lipinski definition) is 1. The Morgan fingerprint density at radius 3 is 2.29 bits per heavy atom. The molecule has 1 aromatic heterocycles. The molecule has 0 saturated carbocycles. The zero-order valence-corrected chi connectivity index (χ0v) is 12.8. The monoisotopic (exact) mass is 254 g/mol. The van der Waals surface area contributed by atoms with Crippen molar-refractivity contribution < 1.29 is 0 Å². The Balaban J connectivity index is 2.95. The second-order valence-electron chi connectivity index (χ2n) is 5.09. The highest BCUT2D eigenvalue weighted by atomic mass is 32.1. The normalized spacial score (nSPS) is 15.2. The number of hydrogen-bond acceptors (Lipinski definition) is 3. The van der Waals surface area contributed by atoms with E-state index in [1.165, 1.54) is 22.0 Å². The summed E-state index contributed by atoms with van der Waals surface area (Å²) in [5.74, 6) is 0.632. The number of thiazole rings is 1. The van der Waals surface area contributed by atoms with E-state index in [0.717, 1.165) is 6.42 Å². The van der Waals surface area contributed by atoms with Gasteiger partial charge in [0.05, 0.1) is 11.7 Å². The van der Waals surface area contributed by atoms with Crippen molar-refractivity contribution in [2.45, 2.75) is 66.5 Å². The maximum atomic E-state index is 4.81. The predicted octanol–water partition coefficient (Wildman–Crippen LogP) is 4.10. The molecule has 1 rings (SSSR count). The lowest BCUT2D eigenvalue weighted by atomic mass is 9.99. The summed E-state index contributed by atoms with van der Waals surface area (Å²) in [7, 11) is 0. The van der Waals surface area contributed by atoms with Crippen LogP contribution in [-0.4, -0.2) is 11.0 Å². The van der Waals surface area contributed by atoms with Gasteiger partial charge < -0.3 is 5.32 Å². The first-order valence-corrected chi connectivity index (χ1v) is 7.53. The summed E-state index contributed by atoms with van der Waals surface area (Å²) in [6.45, 7) is 13.3. The van der Waals surface area contributed by atoms with Gasteiger partial charge in [0.2, 0.25) is 0 Å². The van der Waals surface area contributed by atoms with Gasteiger partial charge in [-0.25, -0.2) is 4.98 Å². The molecule has 0 bridgehead atoms. The standard InChI is InChI=1S/C14H26N2S/c1-7-10(5)13(15-9(3)4)14-16-12(8-2)11(6)17-14/h9-10,13,15H,7-8H2,1-6H3. The molecule has 1 heterocycles. The second kappa shape index (κ2) is 6.50. The molecule has 1 aromatic rings. The lowest BCUT2D eigenvalue weighted by molar-refractivity contribution is 0.350. The maximum absolute atomic E-state index is 4.81. The molecule has 17 heavy (non-hydrogen) atoms. The van der Waals surface area contributed by atoms with Crippen LogP contribution in [0.25, 0.3) is 0 Å². The Hall–Kier alpha value is -0.410. The molecule has 0 aromatic carbocycles. The molecule has 3 heteroatoms. The Kier molecular flexibility index (Phi) is 5.60. The summed E-state index contributed by atoms with van der Waals surface area (Å²) in [6.07, 6.45) is 2.22. The van der Waals surface area contributed by atoms with Gasteiger partial charge in [0.1, 0.15) is 5.01 Å². The van der Waals surface area contributed by atoms with Gasteiger partial charge in [-0.05, 0) is 19.3 Å². The lowest BCUT2D eigenvalue weighted by Crippen LogP contribution is -2.32. The summed E-state index contributed by atoms with van der Waals surface area (Å²) >= 11 is 1.86. The van der Waals surface area contributed by atoms with Crippen LogP contribution in [0.1, 0.15) is 62.7 Å². The van der Waals surface area contributed by atoms with E-state index in [-0.39, 0.29) is 0 Å². The van der Waals surface area contributed by atoms with Crippen LogP contribution < -0.4 is 5.32 Å². The Morgan fingerprint density at radius 1 is 1.24 bits per heavy atom. The molecule has 98 valence electrons. The van der Waals surface area contributed by atoms with E-state index in [1.54, 1.807) is 0 Å². The Morgan fingerprint density at radius 2 is 1.88 bits per heavy atom. The third-order valence-corrected chi connectivity index (χ3v) is 4.33. The van der Waals surface area contributed by atoms with Gasteiger partial charge in [-0.2, -0.15) is 0 Å². The van der Waals surface area contributed by atoms with Crippen molar-refractivity contribution in [3.8, 4) is 0 Å². The van der Waals surface area contributed by atoms with Crippen molar-refractivity contribution in [3.63, 3.8) is 0 Å². The van der Waals surface area contributed by atoms with E-state index >= 15 is 0 Å². The highest BCUT2D eigenvalue weighted by Crippen LogP contribution is 2.30. The lowest BCUT2D eigenvalue weighted by Gasteiger charge is -2.24. The average Bonchev–Trinajstić information content (AvgIpc) is 2.66. The van der Waals surface area contributed by atoms with Crippen molar-refractivity contribution >= 4 is 11.3 Å². The summed E-state index contributed by atoms with van der Waals surface area (Å²) in [4.78, 5) is 6.18. The minimum absolute atomic E-state index is 0.406. The molecule has 0 radical (unpaired) electrons. The average molecular weight is 254 g/mol. The molecule has 1 N–H and O–H groups in total. The van der Waals surface area contributed by atoms with Crippen molar-refractivity contribution in [1.29, 1.82) is 0 Å². The zero-order chi connectivity index (χ0) is 13.0. The summed E-state index contributed by atoms with van der Waals surface area (Å²) in [6, 6.07) is 0.910. The van der Waals surface area contributed by atoms with Gasteiger partial charge in [-0.3, -0.25) is 0 Å². The second-order valence-corrected chi connectivity index (χ2v) is 6.33. The number of aromatic nitrogens is 1. The highest BCUT2D eigenvalue weighted by Gasteiger charge is 2.22. The molecule has 2 nitrogen and oxygen atoms in total. The largest absolute Gasteiger partial charge is 0.305 e. The number of aryl methyl sites for hydroxylation is 2. The van der Waals surface area contributed by atoms with Gasteiger partial charge in [0.25, 0.3) is 0 Å². The van der Waals surface area contributed by atoms with Crippen molar-refractivity contribution in [2.75, 3.05) is 0 Å². The Bertz CT molecular complexity index is 344. The fourth-order valence-corrected chi connectivity index (χ4v) is 3.19. The van der Waals surface area contributed by atoms with E-state index in [2.05, 4.69) is 46.9 Å². The van der Waals surface area contributed by atoms with Crippen LogP contribution in [0.4, 0.5) is 0 Å². The molecular formula is C14H26N2S. The number of nitrogens with one attached hydrogen (secondary N) is 1. The minimum Gasteiger partial charge on any atom is -0.305 e. The fraction of sp³-hybridized carbons (Fsp3) is 0.786. The van der Waals surface area contributed by atoms with E-state index in [4.69, 9.17) is 4.98 Å². The molecule has 2 atom stereocenters. The van der Waals surface area contributed by atoms with E-state index < -0.39 is 0 Å². The third-order valence-electron chi connectivity index (χ3n) is 3.24. The van der Waals surface area contributed by atoms with Crippen LogP contribution in [0, 0.1) is 12.8 Å². The minimum atomic E-state index is 0.406. The van der Waals surface area contributed by atoms with E-state index in [9.17, 15) is 0 Å². The molecule has 0 amide bonds. The Labute approximate surface area is 110 Å². The van der Waals surface area contributed by atoms with E-state index in [1.807, 2.05) is 11.3 Å². The predicted molar refractivity (Wildman–Crippen MR) is 76.7 cm³/mol. The van der Waals surface area contributed by atoms with Crippen LogP contribution in [0.5, 0.6) is 0 Å². The topological polar surface area (TPSA) is 24.9 Å². The van der Waals surface area contributed by atoms with Gasteiger partial charge in [-0.1, -0.05) is 41.0 Å². The first kappa shape index (κ1) is 14.7. The highest BCUT2D eigenvalue weighted by molar-refractivity contribution is 7.11. The quantitative estimate of drug-likeness (QED) is 0.826. The third kappa shape index (κ3) is 3.78. The van der Waals surface area contributed by atoms with Crippen molar-refractivity contribution in [3.05, 3.63) is 15.6 Å². The molecule has 0 spiro atoms. The first-order valence-electron chi connectivity index (χ1n) is 6.71. The fourth-order valence-electron chi connectivity index (χ4n) is 1.99. The number of rotatable bonds is 6. The van der Waals surface area contributed by atoms with E-state index in [0.29, 0.717) is 18.0 Å². The zero-order valence-electron chi connectivity index (χ0n) is 12.0. The van der Waals surface area contributed by atoms with Crippen LogP contribution in [-0.2, 0) is 6.42 Å². The first-order chi connectivity index (χ1) is 7.99. The number of nitrogens with zero attached hydrogens (tertiary/aromatic N) is 1.